The Kier molecular flexibility index (Phi) is 6.23. The quantitative estimate of drug-likeness (QED) is 0.685. The molecule has 0 aliphatic rings. The van der Waals surface area contributed by atoms with E-state index in [-0.39, 0.29) is 5.91 Å². The highest BCUT2D eigenvalue weighted by Crippen LogP contribution is 2.27. The van der Waals surface area contributed by atoms with Crippen molar-refractivity contribution in [1.82, 2.24) is 0 Å². The molecule has 0 fully saturated rings. The third-order valence-corrected chi connectivity index (χ3v) is 5.51. The Morgan fingerprint density at radius 1 is 1.30 bits per heavy atom. The van der Waals surface area contributed by atoms with Gasteiger partial charge in [0.25, 0.3) is 0 Å². The minimum atomic E-state index is -0.0677. The number of rotatable bonds is 5. The third-order valence-electron chi connectivity index (χ3n) is 2.31. The first-order valence-electron chi connectivity index (χ1n) is 5.61. The number of anilines is 1. The molecule has 0 atom stereocenters. The van der Waals surface area contributed by atoms with Gasteiger partial charge in [-0.15, -0.1) is 23.1 Å². The van der Waals surface area contributed by atoms with Gasteiger partial charge >= 0.3 is 0 Å². The van der Waals surface area contributed by atoms with E-state index in [2.05, 4.69) is 21.2 Å². The zero-order chi connectivity index (χ0) is 14.5. The van der Waals surface area contributed by atoms with Gasteiger partial charge in [-0.3, -0.25) is 4.79 Å². The maximum Gasteiger partial charge on any atom is 0.234 e. The predicted octanol–water partition coefficient (Wildman–Crippen LogP) is 5.69. The lowest BCUT2D eigenvalue weighted by Crippen LogP contribution is -2.14. The van der Waals surface area contributed by atoms with Crippen LogP contribution in [-0.4, -0.2) is 11.7 Å². The van der Waals surface area contributed by atoms with Gasteiger partial charge < -0.3 is 5.32 Å². The van der Waals surface area contributed by atoms with Crippen LogP contribution >= 0.6 is 62.2 Å². The molecule has 2 aromatic rings. The standard InChI is InChI=1S/C13H10BrCl2NOS2/c14-8-1-3-11(10(15)5-8)17-13(18)7-19-6-9-2-4-12(16)20-9/h1-5H,6-7H2,(H,17,18). The van der Waals surface area contributed by atoms with Crippen LogP contribution in [0, 0.1) is 0 Å². The summed E-state index contributed by atoms with van der Waals surface area (Å²) < 4.78 is 1.65. The van der Waals surface area contributed by atoms with Crippen molar-refractivity contribution >= 4 is 73.8 Å². The zero-order valence-corrected chi connectivity index (χ0v) is 14.9. The van der Waals surface area contributed by atoms with Crippen LogP contribution in [0.2, 0.25) is 9.36 Å². The van der Waals surface area contributed by atoms with Crippen molar-refractivity contribution < 1.29 is 4.79 Å². The topological polar surface area (TPSA) is 29.1 Å². The fraction of sp³-hybridized carbons (Fsp3) is 0.154. The number of carbonyl (C=O) groups excluding carboxylic acids is 1. The van der Waals surface area contributed by atoms with Crippen LogP contribution in [0.25, 0.3) is 0 Å². The fourth-order valence-corrected chi connectivity index (χ4v) is 4.20. The summed E-state index contributed by atoms with van der Waals surface area (Å²) in [4.78, 5) is 13.0. The molecule has 20 heavy (non-hydrogen) atoms. The summed E-state index contributed by atoms with van der Waals surface area (Å²) in [5.41, 5.74) is 0.625. The minimum Gasteiger partial charge on any atom is -0.324 e. The molecule has 0 saturated carbocycles. The molecule has 1 heterocycles. The largest absolute Gasteiger partial charge is 0.324 e. The Labute approximate surface area is 144 Å². The Balaban J connectivity index is 1.80. The Hall–Kier alpha value is -0.200. The number of thioether (sulfide) groups is 1. The van der Waals surface area contributed by atoms with Gasteiger partial charge in [0.15, 0.2) is 0 Å². The molecular weight excluding hydrogens is 401 g/mol. The summed E-state index contributed by atoms with van der Waals surface area (Å²) in [6.45, 7) is 0. The van der Waals surface area contributed by atoms with E-state index in [0.29, 0.717) is 16.5 Å². The second kappa shape index (κ2) is 7.71. The zero-order valence-electron chi connectivity index (χ0n) is 10.2. The van der Waals surface area contributed by atoms with Crippen LogP contribution in [0.15, 0.2) is 34.8 Å². The number of hydrogen-bond donors (Lipinski definition) is 1. The smallest absolute Gasteiger partial charge is 0.234 e. The second-order valence-corrected chi connectivity index (χ2v) is 7.98. The Morgan fingerprint density at radius 2 is 2.10 bits per heavy atom. The normalized spacial score (nSPS) is 10.6. The van der Waals surface area contributed by atoms with Crippen molar-refractivity contribution in [2.24, 2.45) is 0 Å². The average molecular weight is 411 g/mol. The molecule has 0 bridgehead atoms. The van der Waals surface area contributed by atoms with Gasteiger partial charge in [-0.2, -0.15) is 0 Å². The number of amides is 1. The van der Waals surface area contributed by atoms with Gasteiger partial charge in [0, 0.05) is 15.1 Å². The summed E-state index contributed by atoms with van der Waals surface area (Å²) in [5, 5.41) is 3.31. The van der Waals surface area contributed by atoms with Crippen molar-refractivity contribution in [1.29, 1.82) is 0 Å². The van der Waals surface area contributed by atoms with Crippen LogP contribution in [0.1, 0.15) is 4.88 Å². The molecule has 0 saturated heterocycles. The lowest BCUT2D eigenvalue weighted by atomic mass is 10.3. The van der Waals surface area contributed by atoms with E-state index in [1.165, 1.54) is 11.3 Å². The van der Waals surface area contributed by atoms with E-state index in [1.54, 1.807) is 23.9 Å². The van der Waals surface area contributed by atoms with Gasteiger partial charge in [-0.05, 0) is 30.3 Å². The third kappa shape index (κ3) is 4.97. The average Bonchev–Trinajstić information content (AvgIpc) is 2.79. The molecule has 0 aliphatic heterocycles. The van der Waals surface area contributed by atoms with Gasteiger partial charge in [0.2, 0.25) is 5.91 Å². The van der Waals surface area contributed by atoms with Crippen LogP contribution in [0.4, 0.5) is 5.69 Å². The van der Waals surface area contributed by atoms with E-state index in [0.717, 1.165) is 19.4 Å². The highest BCUT2D eigenvalue weighted by atomic mass is 79.9. The number of hydrogen-bond acceptors (Lipinski definition) is 3. The number of carbonyl (C=O) groups is 1. The van der Waals surface area contributed by atoms with Gasteiger partial charge in [0.1, 0.15) is 0 Å². The fourth-order valence-electron chi connectivity index (χ4n) is 1.45. The predicted molar refractivity (Wildman–Crippen MR) is 93.3 cm³/mol. The van der Waals surface area contributed by atoms with E-state index < -0.39 is 0 Å². The maximum absolute atomic E-state index is 11.8. The number of halogens is 3. The highest BCUT2D eigenvalue weighted by molar-refractivity contribution is 9.10. The summed E-state index contributed by atoms with van der Waals surface area (Å²) in [6, 6.07) is 9.20. The van der Waals surface area contributed by atoms with Crippen molar-refractivity contribution in [2.75, 3.05) is 11.1 Å². The molecular formula is C13H10BrCl2NOS2. The molecule has 0 radical (unpaired) electrons. The molecule has 1 aromatic carbocycles. The van der Waals surface area contributed by atoms with E-state index in [9.17, 15) is 4.79 Å². The first kappa shape index (κ1) is 16.2. The summed E-state index contributed by atoms with van der Waals surface area (Å²) in [6.07, 6.45) is 0. The van der Waals surface area contributed by atoms with Crippen molar-refractivity contribution in [3.8, 4) is 0 Å². The number of nitrogens with one attached hydrogen (secondary N) is 1. The molecule has 0 aliphatic carbocycles. The van der Waals surface area contributed by atoms with Crippen LogP contribution in [-0.2, 0) is 10.5 Å². The molecule has 0 unspecified atom stereocenters. The van der Waals surface area contributed by atoms with Crippen molar-refractivity contribution in [3.05, 3.63) is 49.0 Å². The lowest BCUT2D eigenvalue weighted by Gasteiger charge is -2.07. The van der Waals surface area contributed by atoms with E-state index >= 15 is 0 Å². The first-order chi connectivity index (χ1) is 9.54. The van der Waals surface area contributed by atoms with Crippen molar-refractivity contribution in [3.63, 3.8) is 0 Å². The van der Waals surface area contributed by atoms with Gasteiger partial charge in [-0.1, -0.05) is 39.1 Å². The van der Waals surface area contributed by atoms with Gasteiger partial charge in [0.05, 0.1) is 20.8 Å². The Bertz CT molecular complexity index is 618. The molecule has 1 N–H and O–H groups in total. The molecule has 2 rings (SSSR count). The first-order valence-corrected chi connectivity index (χ1v) is 9.13. The summed E-state index contributed by atoms with van der Waals surface area (Å²) >= 11 is 18.3. The number of benzene rings is 1. The lowest BCUT2D eigenvalue weighted by molar-refractivity contribution is -0.113. The molecule has 106 valence electrons. The summed E-state index contributed by atoms with van der Waals surface area (Å²) in [5.74, 6) is 1.09. The Morgan fingerprint density at radius 3 is 2.75 bits per heavy atom. The van der Waals surface area contributed by atoms with E-state index in [1.807, 2.05) is 18.2 Å². The van der Waals surface area contributed by atoms with Crippen molar-refractivity contribution in [2.45, 2.75) is 5.75 Å². The van der Waals surface area contributed by atoms with Gasteiger partial charge in [-0.25, -0.2) is 0 Å². The van der Waals surface area contributed by atoms with E-state index in [4.69, 9.17) is 23.2 Å². The van der Waals surface area contributed by atoms with Crippen LogP contribution < -0.4 is 5.32 Å². The molecule has 2 nitrogen and oxygen atoms in total. The number of thiophene rings is 1. The molecule has 1 aromatic heterocycles. The maximum atomic E-state index is 11.8. The van der Waals surface area contributed by atoms with Crippen LogP contribution in [0.3, 0.4) is 0 Å². The molecule has 0 spiro atoms. The SMILES string of the molecule is O=C(CSCc1ccc(Cl)s1)Nc1ccc(Br)cc1Cl. The summed E-state index contributed by atoms with van der Waals surface area (Å²) in [7, 11) is 0. The highest BCUT2D eigenvalue weighted by Gasteiger charge is 2.07. The molecule has 1 amide bonds. The minimum absolute atomic E-state index is 0.0677. The molecule has 7 heteroatoms. The van der Waals surface area contributed by atoms with Crippen LogP contribution in [0.5, 0.6) is 0 Å². The second-order valence-electron chi connectivity index (χ2n) is 3.87. The monoisotopic (exact) mass is 409 g/mol.